The molecule has 0 fully saturated rings. The molecule has 2 aromatic heterocycles. The summed E-state index contributed by atoms with van der Waals surface area (Å²) in [6.07, 6.45) is 0. The molecule has 0 atom stereocenters. The summed E-state index contributed by atoms with van der Waals surface area (Å²) < 4.78 is 4.94. The molecule has 2 heterocycles. The molecule has 0 unspecified atom stereocenters. The summed E-state index contributed by atoms with van der Waals surface area (Å²) in [7, 11) is 0. The number of hydrogen-bond acceptors (Lipinski definition) is 5. The first kappa shape index (κ1) is 11.8. The Morgan fingerprint density at radius 1 is 1.53 bits per heavy atom. The molecule has 5 nitrogen and oxygen atoms in total. The first-order valence-corrected chi connectivity index (χ1v) is 5.97. The Morgan fingerprint density at radius 3 is 2.94 bits per heavy atom. The maximum Gasteiger partial charge on any atom is 0.336 e. The van der Waals surface area contributed by atoms with Gasteiger partial charge in [0.1, 0.15) is 5.76 Å². The highest BCUT2D eigenvalue weighted by Crippen LogP contribution is 2.14. The van der Waals surface area contributed by atoms with Gasteiger partial charge in [0.15, 0.2) is 0 Å². The molecule has 6 heteroatoms. The summed E-state index contributed by atoms with van der Waals surface area (Å²) in [5.41, 5.74) is 1.18. The summed E-state index contributed by atoms with van der Waals surface area (Å²) in [6.45, 7) is 3.08. The second-order valence-electron chi connectivity index (χ2n) is 3.64. The highest BCUT2D eigenvalue weighted by atomic mass is 32.1. The lowest BCUT2D eigenvalue weighted by Crippen LogP contribution is -2.11. The Bertz CT molecular complexity index is 518. The number of aromatic nitrogens is 1. The van der Waals surface area contributed by atoms with E-state index in [0.29, 0.717) is 18.7 Å². The number of nitrogens with one attached hydrogen (secondary N) is 1. The molecule has 2 aromatic rings. The second-order valence-corrected chi connectivity index (χ2v) is 4.64. The SMILES string of the molecule is Cc1cc(CNCc2cc(C(=O)O)cs2)no1. The van der Waals surface area contributed by atoms with Gasteiger partial charge in [-0.3, -0.25) is 0 Å². The van der Waals surface area contributed by atoms with Crippen molar-refractivity contribution in [2.75, 3.05) is 0 Å². The molecule has 0 bridgehead atoms. The minimum absolute atomic E-state index is 0.337. The van der Waals surface area contributed by atoms with E-state index in [4.69, 9.17) is 9.63 Å². The molecule has 0 spiro atoms. The van der Waals surface area contributed by atoms with Gasteiger partial charge in [-0.15, -0.1) is 11.3 Å². The Balaban J connectivity index is 1.83. The van der Waals surface area contributed by atoms with Gasteiger partial charge in [-0.05, 0) is 13.0 Å². The summed E-state index contributed by atoms with van der Waals surface area (Å²) in [4.78, 5) is 11.7. The van der Waals surface area contributed by atoms with Crippen LogP contribution in [0.15, 0.2) is 22.0 Å². The van der Waals surface area contributed by atoms with Crippen LogP contribution in [0.1, 0.15) is 26.7 Å². The van der Waals surface area contributed by atoms with E-state index in [1.165, 1.54) is 11.3 Å². The Morgan fingerprint density at radius 2 is 2.35 bits per heavy atom. The lowest BCUT2D eigenvalue weighted by atomic mass is 10.3. The van der Waals surface area contributed by atoms with Crippen molar-refractivity contribution in [1.82, 2.24) is 10.5 Å². The van der Waals surface area contributed by atoms with Gasteiger partial charge in [0.05, 0.1) is 11.3 Å². The molecule has 17 heavy (non-hydrogen) atoms. The number of hydrogen-bond donors (Lipinski definition) is 2. The number of rotatable bonds is 5. The zero-order valence-electron chi connectivity index (χ0n) is 9.27. The molecular weight excluding hydrogens is 240 g/mol. The molecule has 0 aliphatic carbocycles. The van der Waals surface area contributed by atoms with E-state index in [2.05, 4.69) is 10.5 Å². The number of nitrogens with zero attached hydrogens (tertiary/aromatic N) is 1. The van der Waals surface area contributed by atoms with Crippen molar-refractivity contribution in [3.8, 4) is 0 Å². The number of carboxylic acid groups (broad SMARTS) is 1. The maximum atomic E-state index is 10.7. The highest BCUT2D eigenvalue weighted by Gasteiger charge is 2.06. The minimum Gasteiger partial charge on any atom is -0.478 e. The largest absolute Gasteiger partial charge is 0.478 e. The lowest BCUT2D eigenvalue weighted by Gasteiger charge is -1.98. The van der Waals surface area contributed by atoms with E-state index >= 15 is 0 Å². The molecule has 0 aliphatic rings. The van der Waals surface area contributed by atoms with Crippen LogP contribution in [0.3, 0.4) is 0 Å². The zero-order valence-corrected chi connectivity index (χ0v) is 10.1. The summed E-state index contributed by atoms with van der Waals surface area (Å²) in [6, 6.07) is 3.54. The summed E-state index contributed by atoms with van der Waals surface area (Å²) in [5.74, 6) is -0.106. The molecule has 2 N–H and O–H groups in total. The van der Waals surface area contributed by atoms with E-state index in [-0.39, 0.29) is 0 Å². The van der Waals surface area contributed by atoms with E-state index < -0.39 is 5.97 Å². The van der Waals surface area contributed by atoms with Gasteiger partial charge in [0, 0.05) is 29.4 Å². The van der Waals surface area contributed by atoms with Crippen LogP contribution in [-0.4, -0.2) is 16.2 Å². The third kappa shape index (κ3) is 3.15. The third-order valence-electron chi connectivity index (χ3n) is 2.18. The monoisotopic (exact) mass is 252 g/mol. The standard InChI is InChI=1S/C11H12N2O3S/c1-7-2-9(13-16-7)4-12-5-10-3-8(6-17-10)11(14)15/h2-3,6,12H,4-5H2,1H3,(H,14,15). The predicted octanol–water partition coefficient (Wildman–Crippen LogP) is 2.03. The number of thiophene rings is 1. The van der Waals surface area contributed by atoms with Crippen LogP contribution in [0.2, 0.25) is 0 Å². The number of aromatic carboxylic acids is 1. The summed E-state index contributed by atoms with van der Waals surface area (Å²) in [5, 5.41) is 17.4. The van der Waals surface area contributed by atoms with Gasteiger partial charge >= 0.3 is 5.97 Å². The fourth-order valence-electron chi connectivity index (χ4n) is 1.40. The van der Waals surface area contributed by atoms with Crippen molar-refractivity contribution in [2.24, 2.45) is 0 Å². The second kappa shape index (κ2) is 5.11. The molecule has 2 rings (SSSR count). The van der Waals surface area contributed by atoms with Crippen molar-refractivity contribution in [3.05, 3.63) is 39.4 Å². The van der Waals surface area contributed by atoms with Gasteiger partial charge in [-0.2, -0.15) is 0 Å². The van der Waals surface area contributed by atoms with E-state index in [1.807, 2.05) is 13.0 Å². The van der Waals surface area contributed by atoms with Crippen LogP contribution in [0.4, 0.5) is 0 Å². The number of aryl methyl sites for hydroxylation is 1. The fourth-order valence-corrected chi connectivity index (χ4v) is 2.23. The molecule has 0 radical (unpaired) electrons. The molecule has 90 valence electrons. The Kier molecular flexibility index (Phi) is 3.55. The van der Waals surface area contributed by atoms with Gasteiger partial charge < -0.3 is 14.9 Å². The van der Waals surface area contributed by atoms with Crippen LogP contribution in [0, 0.1) is 6.92 Å². The normalized spacial score (nSPS) is 10.6. The van der Waals surface area contributed by atoms with Crippen molar-refractivity contribution in [2.45, 2.75) is 20.0 Å². The van der Waals surface area contributed by atoms with Crippen molar-refractivity contribution < 1.29 is 14.4 Å². The van der Waals surface area contributed by atoms with E-state index in [1.54, 1.807) is 11.4 Å². The van der Waals surface area contributed by atoms with Gasteiger partial charge in [-0.25, -0.2) is 4.79 Å². The Hall–Kier alpha value is -1.66. The van der Waals surface area contributed by atoms with Crippen LogP contribution in [0.25, 0.3) is 0 Å². The Labute approximate surface area is 102 Å². The quantitative estimate of drug-likeness (QED) is 0.851. The minimum atomic E-state index is -0.889. The fraction of sp³-hybridized carbons (Fsp3) is 0.273. The zero-order chi connectivity index (χ0) is 12.3. The van der Waals surface area contributed by atoms with Crippen LogP contribution < -0.4 is 5.32 Å². The van der Waals surface area contributed by atoms with Gasteiger partial charge in [0.2, 0.25) is 0 Å². The number of carbonyl (C=O) groups is 1. The third-order valence-corrected chi connectivity index (χ3v) is 3.12. The van der Waals surface area contributed by atoms with Crippen molar-refractivity contribution >= 4 is 17.3 Å². The average Bonchev–Trinajstić information content (AvgIpc) is 2.88. The first-order chi connectivity index (χ1) is 8.15. The van der Waals surface area contributed by atoms with Crippen molar-refractivity contribution in [1.29, 1.82) is 0 Å². The van der Waals surface area contributed by atoms with Gasteiger partial charge in [-0.1, -0.05) is 5.16 Å². The smallest absolute Gasteiger partial charge is 0.336 e. The molecular formula is C11H12N2O3S. The molecule has 0 aliphatic heterocycles. The predicted molar refractivity (Wildman–Crippen MR) is 63.1 cm³/mol. The maximum absolute atomic E-state index is 10.7. The van der Waals surface area contributed by atoms with E-state index in [0.717, 1.165) is 16.3 Å². The molecule has 0 saturated heterocycles. The molecule has 0 saturated carbocycles. The van der Waals surface area contributed by atoms with Crippen molar-refractivity contribution in [3.63, 3.8) is 0 Å². The average molecular weight is 252 g/mol. The lowest BCUT2D eigenvalue weighted by molar-refractivity contribution is 0.0697. The molecule has 0 aromatic carbocycles. The summed E-state index contributed by atoms with van der Waals surface area (Å²) >= 11 is 1.43. The highest BCUT2D eigenvalue weighted by molar-refractivity contribution is 7.10. The topological polar surface area (TPSA) is 75.4 Å². The van der Waals surface area contributed by atoms with E-state index in [9.17, 15) is 4.79 Å². The number of carboxylic acids is 1. The van der Waals surface area contributed by atoms with Crippen LogP contribution >= 0.6 is 11.3 Å². The molecule has 0 amide bonds. The van der Waals surface area contributed by atoms with Gasteiger partial charge in [0.25, 0.3) is 0 Å². The first-order valence-electron chi connectivity index (χ1n) is 5.09. The van der Waals surface area contributed by atoms with Crippen LogP contribution in [0.5, 0.6) is 0 Å². The van der Waals surface area contributed by atoms with Crippen LogP contribution in [-0.2, 0) is 13.1 Å².